The summed E-state index contributed by atoms with van der Waals surface area (Å²) in [6, 6.07) is 0. The summed E-state index contributed by atoms with van der Waals surface area (Å²) >= 11 is 3.40. The second-order valence-electron chi connectivity index (χ2n) is 2.35. The fraction of sp³-hybridized carbons (Fsp3) is 0.833. The van der Waals surface area contributed by atoms with Crippen LogP contribution < -0.4 is 5.32 Å². The van der Waals surface area contributed by atoms with Crippen LogP contribution in [0.3, 0.4) is 0 Å². The monoisotopic (exact) mass is 206 g/mol. The van der Waals surface area contributed by atoms with Gasteiger partial charge >= 0.3 is 0 Å². The minimum atomic E-state index is 0.142. The van der Waals surface area contributed by atoms with E-state index in [1.807, 2.05) is 4.90 Å². The minimum absolute atomic E-state index is 0.142. The molecule has 1 fully saturated rings. The zero-order chi connectivity index (χ0) is 7.56. The van der Waals surface area contributed by atoms with E-state index in [2.05, 4.69) is 21.2 Å². The Hall–Kier alpha value is -0.0900. The van der Waals surface area contributed by atoms with Crippen LogP contribution in [0.25, 0.3) is 0 Å². The van der Waals surface area contributed by atoms with E-state index in [4.69, 9.17) is 0 Å². The molecule has 1 heterocycles. The van der Waals surface area contributed by atoms with Gasteiger partial charge in [-0.15, -0.1) is 0 Å². The number of nitrogens with one attached hydrogen (secondary N) is 1. The van der Waals surface area contributed by atoms with Crippen molar-refractivity contribution in [2.45, 2.75) is 11.9 Å². The summed E-state index contributed by atoms with van der Waals surface area (Å²) in [7, 11) is 0. The Kier molecular flexibility index (Phi) is 2.68. The van der Waals surface area contributed by atoms with E-state index >= 15 is 0 Å². The first-order valence-electron chi connectivity index (χ1n) is 3.34. The quantitative estimate of drug-likeness (QED) is 0.453. The van der Waals surface area contributed by atoms with Gasteiger partial charge in [0, 0.05) is 26.6 Å². The van der Waals surface area contributed by atoms with Gasteiger partial charge < -0.3 is 10.2 Å². The zero-order valence-corrected chi connectivity index (χ0v) is 7.52. The molecule has 0 saturated carbocycles. The van der Waals surface area contributed by atoms with Crippen molar-refractivity contribution in [3.05, 3.63) is 0 Å². The van der Waals surface area contributed by atoms with Crippen molar-refractivity contribution >= 4 is 21.8 Å². The molecule has 1 rings (SSSR count). The summed E-state index contributed by atoms with van der Waals surface area (Å²) in [4.78, 5) is 12.9. The highest BCUT2D eigenvalue weighted by atomic mass is 79.9. The van der Waals surface area contributed by atoms with Gasteiger partial charge in [-0.2, -0.15) is 0 Å². The highest BCUT2D eigenvalue weighted by molar-refractivity contribution is 9.09. The van der Waals surface area contributed by atoms with Crippen molar-refractivity contribution in [1.82, 2.24) is 10.2 Å². The first kappa shape index (κ1) is 8.01. The Morgan fingerprint density at radius 2 is 2.50 bits per heavy atom. The molecule has 0 bridgehead atoms. The zero-order valence-electron chi connectivity index (χ0n) is 5.93. The minimum Gasteiger partial charge on any atom is -0.328 e. The maximum absolute atomic E-state index is 10.9. The summed E-state index contributed by atoms with van der Waals surface area (Å²) < 4.78 is 0. The molecule has 1 aliphatic heterocycles. The molecule has 4 heteroatoms. The molecule has 1 aliphatic rings. The summed E-state index contributed by atoms with van der Waals surface area (Å²) in [6.45, 7) is 4.16. The van der Waals surface area contributed by atoms with Crippen LogP contribution in [-0.2, 0) is 4.79 Å². The summed E-state index contributed by atoms with van der Waals surface area (Å²) in [6.07, 6.45) is 0. The third-order valence-corrected chi connectivity index (χ3v) is 2.40. The van der Waals surface area contributed by atoms with Crippen LogP contribution in [0.1, 0.15) is 6.92 Å². The van der Waals surface area contributed by atoms with Gasteiger partial charge in [0.1, 0.15) is 0 Å². The van der Waals surface area contributed by atoms with Crippen molar-refractivity contribution in [3.63, 3.8) is 0 Å². The summed E-state index contributed by atoms with van der Waals surface area (Å²) in [5.74, 6) is 0.142. The van der Waals surface area contributed by atoms with Crippen LogP contribution in [0.4, 0.5) is 0 Å². The van der Waals surface area contributed by atoms with Crippen molar-refractivity contribution in [2.75, 3.05) is 19.6 Å². The van der Waals surface area contributed by atoms with E-state index in [1.165, 1.54) is 0 Å². The Morgan fingerprint density at radius 1 is 1.80 bits per heavy atom. The Morgan fingerprint density at radius 3 is 2.90 bits per heavy atom. The van der Waals surface area contributed by atoms with E-state index in [1.54, 1.807) is 6.92 Å². The third-order valence-electron chi connectivity index (χ3n) is 1.58. The van der Waals surface area contributed by atoms with Crippen LogP contribution in [0, 0.1) is 0 Å². The molecule has 3 nitrogen and oxygen atoms in total. The number of amides is 1. The van der Waals surface area contributed by atoms with Gasteiger partial charge in [-0.05, 0) is 0 Å². The molecule has 1 amide bonds. The Bertz CT molecular complexity index is 140. The smallest absolute Gasteiger partial charge is 0.220 e. The van der Waals surface area contributed by atoms with E-state index in [9.17, 15) is 4.79 Å². The van der Waals surface area contributed by atoms with E-state index in [-0.39, 0.29) is 10.9 Å². The van der Waals surface area contributed by atoms with Crippen LogP contribution in [0.2, 0.25) is 0 Å². The molecule has 0 radical (unpaired) electrons. The van der Waals surface area contributed by atoms with E-state index in [0.29, 0.717) is 0 Å². The summed E-state index contributed by atoms with van der Waals surface area (Å²) in [5.41, 5.74) is 0. The highest BCUT2D eigenvalue weighted by Gasteiger charge is 2.20. The molecule has 10 heavy (non-hydrogen) atoms. The lowest BCUT2D eigenvalue weighted by Crippen LogP contribution is -2.50. The number of piperazine rings is 1. The van der Waals surface area contributed by atoms with Crippen LogP contribution in [-0.4, -0.2) is 35.4 Å². The molecule has 0 spiro atoms. The maximum Gasteiger partial charge on any atom is 0.220 e. The number of hydrogen-bond acceptors (Lipinski definition) is 2. The van der Waals surface area contributed by atoms with Gasteiger partial charge in [0.15, 0.2) is 0 Å². The lowest BCUT2D eigenvalue weighted by atomic mass is 10.3. The maximum atomic E-state index is 10.9. The predicted octanol–water partition coefficient (Wildman–Crippen LogP) is 0.159. The molecule has 0 aromatic carbocycles. The van der Waals surface area contributed by atoms with Crippen molar-refractivity contribution in [1.29, 1.82) is 0 Å². The summed E-state index contributed by atoms with van der Waals surface area (Å²) in [5, 5.41) is 3.18. The third kappa shape index (κ3) is 1.70. The van der Waals surface area contributed by atoms with Crippen molar-refractivity contribution in [3.8, 4) is 0 Å². The molecule has 1 N–H and O–H groups in total. The first-order valence-corrected chi connectivity index (χ1v) is 4.25. The number of rotatable bonds is 0. The number of carbonyl (C=O) groups is 1. The predicted molar refractivity (Wildman–Crippen MR) is 43.0 cm³/mol. The molecule has 1 unspecified atom stereocenters. The number of nitrogens with zero attached hydrogens (tertiary/aromatic N) is 1. The van der Waals surface area contributed by atoms with E-state index in [0.717, 1.165) is 19.6 Å². The Labute approximate surface area is 68.9 Å². The number of halogens is 1. The molecular weight excluding hydrogens is 196 g/mol. The van der Waals surface area contributed by atoms with Gasteiger partial charge in [-0.25, -0.2) is 0 Å². The van der Waals surface area contributed by atoms with Crippen LogP contribution in [0.15, 0.2) is 0 Å². The molecule has 0 aromatic heterocycles. The van der Waals surface area contributed by atoms with Crippen LogP contribution >= 0.6 is 15.9 Å². The fourth-order valence-corrected chi connectivity index (χ4v) is 1.75. The number of alkyl halides is 1. The average molecular weight is 207 g/mol. The molecule has 0 aliphatic carbocycles. The molecule has 0 aromatic rings. The van der Waals surface area contributed by atoms with Crippen LogP contribution in [0.5, 0.6) is 0 Å². The number of hydrogen-bond donors (Lipinski definition) is 1. The second kappa shape index (κ2) is 3.34. The average Bonchev–Trinajstić information content (AvgIpc) is 1.88. The first-order chi connectivity index (χ1) is 4.72. The SMILES string of the molecule is CC(=O)N1CCNCC1Br. The van der Waals surface area contributed by atoms with Gasteiger partial charge in [0.2, 0.25) is 5.91 Å². The molecule has 1 atom stereocenters. The number of carbonyl (C=O) groups excluding carboxylic acids is 1. The van der Waals surface area contributed by atoms with Gasteiger partial charge in [-0.3, -0.25) is 4.79 Å². The Balaban J connectivity index is 2.47. The normalized spacial score (nSPS) is 26.6. The molecule has 1 saturated heterocycles. The topological polar surface area (TPSA) is 32.3 Å². The van der Waals surface area contributed by atoms with Gasteiger partial charge in [0.25, 0.3) is 0 Å². The lowest BCUT2D eigenvalue weighted by molar-refractivity contribution is -0.129. The van der Waals surface area contributed by atoms with Crippen molar-refractivity contribution in [2.24, 2.45) is 0 Å². The largest absolute Gasteiger partial charge is 0.328 e. The molecule has 58 valence electrons. The second-order valence-corrected chi connectivity index (χ2v) is 3.41. The van der Waals surface area contributed by atoms with Crippen molar-refractivity contribution < 1.29 is 4.79 Å². The molecular formula is C6H11BrN2O. The fourth-order valence-electron chi connectivity index (χ4n) is 1.03. The highest BCUT2D eigenvalue weighted by Crippen LogP contribution is 2.08. The standard InChI is InChI=1S/C6H11BrN2O/c1-5(10)9-3-2-8-4-6(9)7/h6,8H,2-4H2,1H3. The van der Waals surface area contributed by atoms with E-state index < -0.39 is 0 Å². The van der Waals surface area contributed by atoms with Gasteiger partial charge in [-0.1, -0.05) is 15.9 Å². The van der Waals surface area contributed by atoms with Gasteiger partial charge in [0.05, 0.1) is 4.95 Å². The lowest BCUT2D eigenvalue weighted by Gasteiger charge is -2.31.